The van der Waals surface area contributed by atoms with E-state index in [9.17, 15) is 0 Å². The Morgan fingerprint density at radius 2 is 2.19 bits per heavy atom. The highest BCUT2D eigenvalue weighted by Crippen LogP contribution is 2.07. The molecule has 0 radical (unpaired) electrons. The first kappa shape index (κ1) is 10.6. The van der Waals surface area contributed by atoms with Gasteiger partial charge in [0.1, 0.15) is 0 Å². The molecule has 0 saturated carbocycles. The smallest absolute Gasteiger partial charge is 0.315 e. The zero-order chi connectivity index (χ0) is 11.4. The van der Waals surface area contributed by atoms with Gasteiger partial charge >= 0.3 is 6.01 Å². The number of hydrogen-bond acceptors (Lipinski definition) is 8. The Morgan fingerprint density at radius 3 is 2.88 bits per heavy atom. The monoisotopic (exact) mass is 224 g/mol. The van der Waals surface area contributed by atoms with Crippen molar-refractivity contribution in [3.8, 4) is 0 Å². The number of nitrogens with one attached hydrogen (secondary N) is 1. The van der Waals surface area contributed by atoms with E-state index < -0.39 is 0 Å². The van der Waals surface area contributed by atoms with Crippen LogP contribution in [0.15, 0.2) is 8.94 Å². The molecule has 0 fully saturated rings. The minimum atomic E-state index is 0.319. The van der Waals surface area contributed by atoms with Crippen LogP contribution in [0.1, 0.15) is 17.6 Å². The van der Waals surface area contributed by atoms with Gasteiger partial charge in [-0.2, -0.15) is 4.98 Å². The van der Waals surface area contributed by atoms with Gasteiger partial charge in [0.15, 0.2) is 5.82 Å². The molecular formula is C8H12N6O2. The maximum atomic E-state index is 5.36. The summed E-state index contributed by atoms with van der Waals surface area (Å²) in [6, 6.07) is 0.319. The molecule has 2 heterocycles. The molecule has 3 N–H and O–H groups in total. The van der Waals surface area contributed by atoms with Gasteiger partial charge in [0.25, 0.3) is 0 Å². The second-order valence-corrected chi connectivity index (χ2v) is 3.13. The number of rotatable bonds is 5. The first-order valence-corrected chi connectivity index (χ1v) is 4.83. The van der Waals surface area contributed by atoms with Gasteiger partial charge in [0.05, 0.1) is 6.54 Å². The van der Waals surface area contributed by atoms with Crippen molar-refractivity contribution in [1.82, 2.24) is 20.3 Å². The van der Waals surface area contributed by atoms with E-state index in [-0.39, 0.29) is 0 Å². The van der Waals surface area contributed by atoms with Crippen LogP contribution in [-0.4, -0.2) is 26.9 Å². The lowest BCUT2D eigenvalue weighted by Gasteiger charge is -1.94. The molecule has 0 bridgehead atoms. The molecular weight excluding hydrogens is 212 g/mol. The quantitative estimate of drug-likeness (QED) is 0.721. The van der Waals surface area contributed by atoms with Crippen molar-refractivity contribution < 1.29 is 8.94 Å². The Hall–Kier alpha value is -1.96. The van der Waals surface area contributed by atoms with Crippen LogP contribution >= 0.6 is 0 Å². The van der Waals surface area contributed by atoms with Gasteiger partial charge in [-0.3, -0.25) is 0 Å². The predicted molar refractivity (Wildman–Crippen MR) is 53.4 cm³/mol. The molecule has 8 heteroatoms. The fourth-order valence-electron chi connectivity index (χ4n) is 1.11. The average molecular weight is 224 g/mol. The van der Waals surface area contributed by atoms with E-state index in [4.69, 9.17) is 14.7 Å². The van der Waals surface area contributed by atoms with Crippen LogP contribution < -0.4 is 11.1 Å². The van der Waals surface area contributed by atoms with Gasteiger partial charge in [0.2, 0.25) is 11.8 Å². The van der Waals surface area contributed by atoms with Crippen molar-refractivity contribution in [2.24, 2.45) is 5.73 Å². The predicted octanol–water partition coefficient (Wildman–Crippen LogP) is -0.126. The van der Waals surface area contributed by atoms with Crippen LogP contribution in [-0.2, 0) is 13.0 Å². The van der Waals surface area contributed by atoms with Gasteiger partial charge in [-0.1, -0.05) is 10.3 Å². The summed E-state index contributed by atoms with van der Waals surface area (Å²) in [7, 11) is 0. The second kappa shape index (κ2) is 4.71. The van der Waals surface area contributed by atoms with E-state index >= 15 is 0 Å². The van der Waals surface area contributed by atoms with E-state index in [0.29, 0.717) is 43.1 Å². The van der Waals surface area contributed by atoms with Crippen LogP contribution in [0, 0.1) is 6.92 Å². The fraction of sp³-hybridized carbons (Fsp3) is 0.500. The Bertz CT molecular complexity index is 451. The average Bonchev–Trinajstić information content (AvgIpc) is 2.85. The maximum Gasteiger partial charge on any atom is 0.315 e. The van der Waals surface area contributed by atoms with E-state index in [2.05, 4.69) is 25.7 Å². The van der Waals surface area contributed by atoms with Gasteiger partial charge in [-0.15, -0.1) is 5.10 Å². The Kier molecular flexibility index (Phi) is 3.10. The number of aryl methyl sites for hydroxylation is 1. The standard InChI is InChI=1S/C8H12N6O2/c1-5-11-7(16-14-5)4-10-8-13-12-6(15-8)2-3-9/h2-4,9H2,1H3,(H,10,13). The highest BCUT2D eigenvalue weighted by molar-refractivity contribution is 5.17. The van der Waals surface area contributed by atoms with Crippen LogP contribution in [0.4, 0.5) is 6.01 Å². The number of aromatic nitrogens is 4. The lowest BCUT2D eigenvalue weighted by Crippen LogP contribution is -2.02. The summed E-state index contributed by atoms with van der Waals surface area (Å²) in [5.74, 6) is 1.56. The normalized spacial score (nSPS) is 10.6. The lowest BCUT2D eigenvalue weighted by molar-refractivity contribution is 0.378. The third kappa shape index (κ3) is 2.54. The van der Waals surface area contributed by atoms with Crippen molar-refractivity contribution in [3.05, 3.63) is 17.6 Å². The molecule has 2 aromatic heterocycles. The second-order valence-electron chi connectivity index (χ2n) is 3.13. The molecule has 0 unspecified atom stereocenters. The van der Waals surface area contributed by atoms with Gasteiger partial charge in [-0.05, 0) is 6.92 Å². The third-order valence-electron chi connectivity index (χ3n) is 1.79. The highest BCUT2D eigenvalue weighted by Gasteiger charge is 2.07. The molecule has 86 valence electrons. The molecule has 16 heavy (non-hydrogen) atoms. The minimum Gasteiger partial charge on any atom is -0.408 e. The van der Waals surface area contributed by atoms with Crippen molar-refractivity contribution in [1.29, 1.82) is 0 Å². The first-order valence-electron chi connectivity index (χ1n) is 4.83. The molecule has 0 aromatic carbocycles. The molecule has 2 rings (SSSR count). The molecule has 0 saturated heterocycles. The summed E-state index contributed by atoms with van der Waals surface area (Å²) in [6.07, 6.45) is 0.564. The highest BCUT2D eigenvalue weighted by atomic mass is 16.5. The Labute approximate surface area is 91.2 Å². The van der Waals surface area contributed by atoms with Gasteiger partial charge in [0, 0.05) is 13.0 Å². The summed E-state index contributed by atoms with van der Waals surface area (Å²) < 4.78 is 10.2. The zero-order valence-electron chi connectivity index (χ0n) is 8.80. The van der Waals surface area contributed by atoms with Crippen molar-refractivity contribution in [3.63, 3.8) is 0 Å². The van der Waals surface area contributed by atoms with Crippen molar-refractivity contribution in [2.75, 3.05) is 11.9 Å². The van der Waals surface area contributed by atoms with Crippen LogP contribution in [0.5, 0.6) is 0 Å². The van der Waals surface area contributed by atoms with E-state index in [1.807, 2.05) is 0 Å². The number of anilines is 1. The molecule has 0 spiro atoms. The molecule has 0 amide bonds. The molecule has 0 aliphatic heterocycles. The summed E-state index contributed by atoms with van der Waals surface area (Å²) in [6.45, 7) is 2.58. The van der Waals surface area contributed by atoms with Crippen molar-refractivity contribution >= 4 is 6.01 Å². The van der Waals surface area contributed by atoms with E-state index in [1.54, 1.807) is 6.92 Å². The summed E-state index contributed by atoms with van der Waals surface area (Å²) >= 11 is 0. The summed E-state index contributed by atoms with van der Waals surface area (Å²) in [4.78, 5) is 4.02. The van der Waals surface area contributed by atoms with Crippen LogP contribution in [0.25, 0.3) is 0 Å². The number of hydrogen-bond donors (Lipinski definition) is 2. The largest absolute Gasteiger partial charge is 0.408 e. The van der Waals surface area contributed by atoms with Crippen LogP contribution in [0.2, 0.25) is 0 Å². The van der Waals surface area contributed by atoms with Gasteiger partial charge in [-0.25, -0.2) is 0 Å². The number of nitrogens with two attached hydrogens (primary N) is 1. The van der Waals surface area contributed by atoms with E-state index in [1.165, 1.54) is 0 Å². The summed E-state index contributed by atoms with van der Waals surface area (Å²) in [5, 5.41) is 14.1. The zero-order valence-corrected chi connectivity index (χ0v) is 8.80. The Balaban J connectivity index is 1.89. The maximum absolute atomic E-state index is 5.36. The molecule has 0 atom stereocenters. The molecule has 0 aliphatic carbocycles. The molecule has 8 nitrogen and oxygen atoms in total. The van der Waals surface area contributed by atoms with E-state index in [0.717, 1.165) is 0 Å². The third-order valence-corrected chi connectivity index (χ3v) is 1.79. The minimum absolute atomic E-state index is 0.319. The Morgan fingerprint density at radius 1 is 1.31 bits per heavy atom. The number of nitrogens with zero attached hydrogens (tertiary/aromatic N) is 4. The molecule has 0 aliphatic rings. The topological polar surface area (TPSA) is 116 Å². The summed E-state index contributed by atoms with van der Waals surface area (Å²) in [5.41, 5.74) is 5.36. The van der Waals surface area contributed by atoms with Crippen LogP contribution in [0.3, 0.4) is 0 Å². The SMILES string of the molecule is Cc1noc(CNc2nnc(CCN)o2)n1. The lowest BCUT2D eigenvalue weighted by atomic mass is 10.4. The van der Waals surface area contributed by atoms with Gasteiger partial charge < -0.3 is 20.0 Å². The van der Waals surface area contributed by atoms with Crippen molar-refractivity contribution in [2.45, 2.75) is 19.9 Å². The fourth-order valence-corrected chi connectivity index (χ4v) is 1.11. The molecule has 2 aromatic rings. The first-order chi connectivity index (χ1) is 7.78.